The van der Waals surface area contributed by atoms with Gasteiger partial charge in [-0.05, 0) is 0 Å². The SMILES string of the molecule is O.[Ru][O][Ru]. The molecule has 4 heteroatoms. The van der Waals surface area contributed by atoms with Gasteiger partial charge in [0, 0.05) is 0 Å². The molecule has 0 aliphatic heterocycles. The monoisotopic (exact) mass is 238 g/mol. The van der Waals surface area contributed by atoms with Crippen LogP contribution in [0.1, 0.15) is 0 Å². The van der Waals surface area contributed by atoms with Crippen LogP contribution in [0.25, 0.3) is 0 Å². The Kier molecular flexibility index (Phi) is 19.9. The summed E-state index contributed by atoms with van der Waals surface area (Å²) in [6, 6.07) is 0. The second kappa shape index (κ2) is 8.90. The zero-order valence-corrected chi connectivity index (χ0v) is 5.09. The van der Waals surface area contributed by atoms with Gasteiger partial charge in [-0.3, -0.25) is 0 Å². The summed E-state index contributed by atoms with van der Waals surface area (Å²) in [5.41, 5.74) is 0. The Bertz CT molecular complexity index is 4.00. The summed E-state index contributed by atoms with van der Waals surface area (Å²) in [4.78, 5) is 0. The average molecular weight is 236 g/mol. The fourth-order valence-electron chi connectivity index (χ4n) is 0. The second-order valence-electron chi connectivity index (χ2n) is 0.0510. The Morgan fingerprint density at radius 3 is 1.25 bits per heavy atom. The standard InChI is InChI=1S/H2O.O.2Ru/h1H2;;;. The van der Waals surface area contributed by atoms with Crippen molar-refractivity contribution in [1.82, 2.24) is 0 Å². The Hall–Kier alpha value is 1.17. The molecule has 30 valence electrons. The molecule has 0 unspecified atom stereocenters. The summed E-state index contributed by atoms with van der Waals surface area (Å²) in [6.07, 6.45) is 0. The molecule has 0 aromatic heterocycles. The molecule has 0 aliphatic carbocycles. The van der Waals surface area contributed by atoms with Gasteiger partial charge in [-0.1, -0.05) is 0 Å². The van der Waals surface area contributed by atoms with E-state index in [4.69, 9.17) is 0 Å². The Morgan fingerprint density at radius 1 is 1.25 bits per heavy atom. The minimum atomic E-state index is 0. The maximum absolute atomic E-state index is 4.11. The molecule has 0 saturated carbocycles. The van der Waals surface area contributed by atoms with Gasteiger partial charge < -0.3 is 5.48 Å². The zero-order chi connectivity index (χ0) is 2.71. The minimum absolute atomic E-state index is 0. The van der Waals surface area contributed by atoms with Gasteiger partial charge >= 0.3 is 39.7 Å². The van der Waals surface area contributed by atoms with Gasteiger partial charge in [-0.25, -0.2) is 0 Å². The van der Waals surface area contributed by atoms with Crippen LogP contribution in [0.3, 0.4) is 0 Å². The van der Waals surface area contributed by atoms with Gasteiger partial charge in [-0.2, -0.15) is 0 Å². The topological polar surface area (TPSA) is 40.7 Å². The third-order valence-electron chi connectivity index (χ3n) is 0. The molecule has 0 fully saturated rings. The van der Waals surface area contributed by atoms with E-state index in [9.17, 15) is 0 Å². The van der Waals surface area contributed by atoms with E-state index in [2.05, 4.69) is 2.39 Å². The molecule has 0 amide bonds. The van der Waals surface area contributed by atoms with Gasteiger partial charge in [0.1, 0.15) is 0 Å². The molecule has 2 N–H and O–H groups in total. The van der Waals surface area contributed by atoms with Crippen LogP contribution in [0.15, 0.2) is 0 Å². The molecular formula is H2O2Ru2. The van der Waals surface area contributed by atoms with Crippen molar-refractivity contribution in [2.75, 3.05) is 0 Å². The van der Waals surface area contributed by atoms with E-state index in [1.807, 2.05) is 37.3 Å². The van der Waals surface area contributed by atoms with Gasteiger partial charge in [-0.15, -0.1) is 0 Å². The van der Waals surface area contributed by atoms with Crippen molar-refractivity contribution in [3.05, 3.63) is 0 Å². The molecular weight excluding hydrogens is 234 g/mol. The van der Waals surface area contributed by atoms with E-state index in [1.165, 1.54) is 0 Å². The van der Waals surface area contributed by atoms with Crippen LogP contribution in [0, 0.1) is 0 Å². The van der Waals surface area contributed by atoms with Gasteiger partial charge in [0.05, 0.1) is 0 Å². The average Bonchev–Trinajstić information content (AvgIpc) is 0.918. The quantitative estimate of drug-likeness (QED) is 0.502. The predicted molar refractivity (Wildman–Crippen MR) is 4.70 cm³/mol. The molecule has 0 aliphatic rings. The van der Waals surface area contributed by atoms with E-state index in [-0.39, 0.29) is 5.48 Å². The summed E-state index contributed by atoms with van der Waals surface area (Å²) in [5.74, 6) is 0. The Balaban J connectivity index is 0. The predicted octanol–water partition coefficient (Wildman–Crippen LogP) is -0.898. The van der Waals surface area contributed by atoms with Crippen molar-refractivity contribution in [3.63, 3.8) is 0 Å². The van der Waals surface area contributed by atoms with Crippen LogP contribution in [0.2, 0.25) is 0 Å². The van der Waals surface area contributed by atoms with Crippen molar-refractivity contribution in [1.29, 1.82) is 0 Å². The van der Waals surface area contributed by atoms with Crippen LogP contribution in [0.4, 0.5) is 0 Å². The molecule has 0 aromatic carbocycles. The second-order valence-corrected chi connectivity index (χ2v) is 1.79. The first kappa shape index (κ1) is 8.95. The van der Waals surface area contributed by atoms with Crippen LogP contribution in [-0.4, -0.2) is 5.48 Å². The van der Waals surface area contributed by atoms with Crippen molar-refractivity contribution < 1.29 is 45.2 Å². The van der Waals surface area contributed by atoms with Gasteiger partial charge in [0.15, 0.2) is 0 Å². The molecule has 0 aromatic rings. The summed E-state index contributed by atoms with van der Waals surface area (Å²) in [6.45, 7) is 0. The van der Waals surface area contributed by atoms with Crippen LogP contribution in [-0.2, 0) is 39.7 Å². The Labute approximate surface area is 45.4 Å². The first-order valence-corrected chi connectivity index (χ1v) is 1.71. The number of hydrogen-bond donors (Lipinski definition) is 0. The number of rotatable bonds is 0. The first-order valence-electron chi connectivity index (χ1n) is 0.289. The molecule has 0 radical (unpaired) electrons. The Morgan fingerprint density at radius 2 is 1.25 bits per heavy atom. The van der Waals surface area contributed by atoms with Gasteiger partial charge in [0.25, 0.3) is 0 Å². The third-order valence-corrected chi connectivity index (χ3v) is 0. The molecule has 4 heavy (non-hydrogen) atoms. The molecule has 0 rings (SSSR count). The molecule has 0 spiro atoms. The van der Waals surface area contributed by atoms with Crippen molar-refractivity contribution in [3.8, 4) is 0 Å². The summed E-state index contributed by atoms with van der Waals surface area (Å²) in [7, 11) is 0. The molecule has 0 heterocycles. The normalized spacial score (nSPS) is 4.50. The zero-order valence-electron chi connectivity index (χ0n) is 1.62. The fraction of sp³-hybridized carbons (Fsp3) is 0. The van der Waals surface area contributed by atoms with E-state index in [1.54, 1.807) is 0 Å². The summed E-state index contributed by atoms with van der Waals surface area (Å²) in [5, 5.41) is 0. The van der Waals surface area contributed by atoms with Crippen molar-refractivity contribution in [2.24, 2.45) is 0 Å². The van der Waals surface area contributed by atoms with E-state index in [0.717, 1.165) is 0 Å². The fourth-order valence-corrected chi connectivity index (χ4v) is 0. The molecule has 0 bridgehead atoms. The van der Waals surface area contributed by atoms with Gasteiger partial charge in [0.2, 0.25) is 0 Å². The molecule has 0 atom stereocenters. The first-order chi connectivity index (χ1) is 1.41. The van der Waals surface area contributed by atoms with E-state index in [0.29, 0.717) is 0 Å². The van der Waals surface area contributed by atoms with E-state index >= 15 is 0 Å². The molecule has 2 nitrogen and oxygen atoms in total. The van der Waals surface area contributed by atoms with Crippen LogP contribution >= 0.6 is 0 Å². The summed E-state index contributed by atoms with van der Waals surface area (Å²) >= 11 is 3.95. The van der Waals surface area contributed by atoms with Crippen molar-refractivity contribution in [2.45, 2.75) is 0 Å². The van der Waals surface area contributed by atoms with E-state index < -0.39 is 0 Å². The number of hydrogen-bond acceptors (Lipinski definition) is 1. The summed E-state index contributed by atoms with van der Waals surface area (Å²) < 4.78 is 4.11. The third kappa shape index (κ3) is 10.9. The van der Waals surface area contributed by atoms with Crippen LogP contribution < -0.4 is 0 Å². The maximum atomic E-state index is 4.11. The van der Waals surface area contributed by atoms with Crippen LogP contribution in [0.5, 0.6) is 0 Å². The van der Waals surface area contributed by atoms with Crippen molar-refractivity contribution >= 4 is 0 Å². The molecule has 0 saturated heterocycles.